The molecule has 0 fully saturated rings. The molecule has 2 nitrogen and oxygen atoms in total. The van der Waals surface area contributed by atoms with E-state index in [4.69, 9.17) is 21.1 Å². The predicted octanol–water partition coefficient (Wildman–Crippen LogP) is 4.35. The van der Waals surface area contributed by atoms with Gasteiger partial charge in [0.05, 0.1) is 24.2 Å². The van der Waals surface area contributed by atoms with Crippen LogP contribution in [-0.4, -0.2) is 19.1 Å². The van der Waals surface area contributed by atoms with Crippen LogP contribution in [0.1, 0.15) is 36.1 Å². The Morgan fingerprint density at radius 1 is 1.40 bits per heavy atom. The zero-order chi connectivity index (χ0) is 14.9. The molecule has 0 radical (unpaired) electrons. The number of rotatable bonds is 2. The van der Waals surface area contributed by atoms with Crippen molar-refractivity contribution in [3.05, 3.63) is 28.8 Å². The van der Waals surface area contributed by atoms with E-state index in [0.717, 1.165) is 18.1 Å². The number of methoxy groups -OCH3 is 1. The summed E-state index contributed by atoms with van der Waals surface area (Å²) in [7, 11) is 1.24. The van der Waals surface area contributed by atoms with E-state index < -0.39 is 23.2 Å². The smallest absolute Gasteiger partial charge is 0.419 e. The van der Waals surface area contributed by atoms with Crippen LogP contribution in [0.3, 0.4) is 0 Å². The van der Waals surface area contributed by atoms with Gasteiger partial charge in [0, 0.05) is 6.61 Å². The summed E-state index contributed by atoms with van der Waals surface area (Å²) in [5, 5.41) is -0.402. The quantitative estimate of drug-likeness (QED) is 0.756. The van der Waals surface area contributed by atoms with Gasteiger partial charge in [-0.05, 0) is 43.0 Å². The predicted molar refractivity (Wildman–Crippen MR) is 70.3 cm³/mol. The van der Waals surface area contributed by atoms with Crippen LogP contribution in [0, 0.1) is 0 Å². The highest BCUT2D eigenvalue weighted by molar-refractivity contribution is 6.20. The third-order valence-electron chi connectivity index (χ3n) is 3.38. The van der Waals surface area contributed by atoms with Crippen molar-refractivity contribution >= 4 is 11.6 Å². The largest absolute Gasteiger partial charge is 0.496 e. The molecule has 2 rings (SSSR count). The van der Waals surface area contributed by atoms with Crippen LogP contribution in [0.4, 0.5) is 13.2 Å². The second kappa shape index (κ2) is 5.82. The summed E-state index contributed by atoms with van der Waals surface area (Å²) in [4.78, 5) is 0. The molecule has 0 N–H and O–H groups in total. The summed E-state index contributed by atoms with van der Waals surface area (Å²) in [6.45, 7) is 2.21. The highest BCUT2D eigenvalue weighted by atomic mass is 35.5. The van der Waals surface area contributed by atoms with E-state index in [0.29, 0.717) is 18.6 Å². The molecule has 0 amide bonds. The molecule has 20 heavy (non-hydrogen) atoms. The topological polar surface area (TPSA) is 18.5 Å². The van der Waals surface area contributed by atoms with Gasteiger partial charge in [0.25, 0.3) is 0 Å². The van der Waals surface area contributed by atoms with Crippen LogP contribution < -0.4 is 4.74 Å². The molecule has 2 atom stereocenters. The third kappa shape index (κ3) is 3.04. The average Bonchev–Trinajstić information content (AvgIpc) is 2.57. The Labute approximate surface area is 120 Å². The lowest BCUT2D eigenvalue weighted by Crippen LogP contribution is -2.16. The fraction of sp³-hybridized carbons (Fsp3) is 0.571. The van der Waals surface area contributed by atoms with Crippen LogP contribution in [0.2, 0.25) is 0 Å². The maximum Gasteiger partial charge on any atom is 0.419 e. The van der Waals surface area contributed by atoms with E-state index in [-0.39, 0.29) is 5.75 Å². The molecule has 0 saturated heterocycles. The number of halogens is 4. The van der Waals surface area contributed by atoms with Crippen molar-refractivity contribution in [3.63, 3.8) is 0 Å². The van der Waals surface area contributed by atoms with Gasteiger partial charge in [0.15, 0.2) is 0 Å². The standard InChI is InChI=1S/C14H16ClF3O2/c1-8(15)13-10-7-11(14(16,17)18)12(19-2)6-9(10)4-3-5-20-13/h6-8,13H,3-5H2,1-2H3. The monoisotopic (exact) mass is 308 g/mol. The van der Waals surface area contributed by atoms with Crippen LogP contribution in [-0.2, 0) is 17.3 Å². The maximum atomic E-state index is 13.1. The Morgan fingerprint density at radius 2 is 2.10 bits per heavy atom. The van der Waals surface area contributed by atoms with Crippen molar-refractivity contribution < 1.29 is 22.6 Å². The highest BCUT2D eigenvalue weighted by Gasteiger charge is 2.37. The fourth-order valence-corrected chi connectivity index (χ4v) is 2.66. The summed E-state index contributed by atoms with van der Waals surface area (Å²) in [5.74, 6) is -0.154. The molecule has 0 bridgehead atoms. The molecule has 2 unspecified atom stereocenters. The second-order valence-corrected chi connectivity index (χ2v) is 5.51. The summed E-state index contributed by atoms with van der Waals surface area (Å²) in [6, 6.07) is 2.57. The van der Waals surface area contributed by atoms with Crippen molar-refractivity contribution in [2.45, 2.75) is 37.4 Å². The summed E-state index contributed by atoms with van der Waals surface area (Å²) >= 11 is 6.06. The van der Waals surface area contributed by atoms with E-state index in [2.05, 4.69) is 0 Å². The Balaban J connectivity index is 2.58. The lowest BCUT2D eigenvalue weighted by molar-refractivity contribution is -0.138. The summed E-state index contributed by atoms with van der Waals surface area (Å²) in [5.41, 5.74) is 0.537. The van der Waals surface area contributed by atoms with Gasteiger partial charge in [-0.2, -0.15) is 13.2 Å². The summed E-state index contributed by atoms with van der Waals surface area (Å²) < 4.78 is 49.7. The number of fused-ring (bicyclic) bond motifs is 1. The van der Waals surface area contributed by atoms with Gasteiger partial charge in [-0.25, -0.2) is 0 Å². The Bertz CT molecular complexity index is 486. The molecule has 1 aliphatic rings. The molecule has 0 aromatic heterocycles. The van der Waals surface area contributed by atoms with Gasteiger partial charge >= 0.3 is 6.18 Å². The van der Waals surface area contributed by atoms with E-state index in [1.807, 2.05) is 0 Å². The molecule has 1 heterocycles. The van der Waals surface area contributed by atoms with Crippen molar-refractivity contribution in [3.8, 4) is 5.75 Å². The zero-order valence-corrected chi connectivity index (χ0v) is 12.0. The normalized spacial score (nSPS) is 21.0. The molecule has 0 saturated carbocycles. The lowest BCUT2D eigenvalue weighted by Gasteiger charge is -2.22. The first-order valence-electron chi connectivity index (χ1n) is 6.38. The molecular weight excluding hydrogens is 293 g/mol. The Kier molecular flexibility index (Phi) is 4.49. The molecular formula is C14H16ClF3O2. The molecule has 0 aliphatic carbocycles. The van der Waals surface area contributed by atoms with Crippen LogP contribution in [0.5, 0.6) is 5.75 Å². The van der Waals surface area contributed by atoms with Gasteiger partial charge in [0.1, 0.15) is 5.75 Å². The Hall–Kier alpha value is -0.940. The van der Waals surface area contributed by atoms with Crippen LogP contribution in [0.25, 0.3) is 0 Å². The molecule has 6 heteroatoms. The molecule has 112 valence electrons. The molecule has 1 aromatic rings. The first kappa shape index (κ1) is 15.4. The van der Waals surface area contributed by atoms with E-state index in [1.165, 1.54) is 13.2 Å². The second-order valence-electron chi connectivity index (χ2n) is 4.82. The van der Waals surface area contributed by atoms with Crippen LogP contribution in [0.15, 0.2) is 12.1 Å². The van der Waals surface area contributed by atoms with E-state index in [1.54, 1.807) is 6.92 Å². The minimum absolute atomic E-state index is 0.154. The number of hydrogen-bond donors (Lipinski definition) is 0. The van der Waals surface area contributed by atoms with E-state index >= 15 is 0 Å². The SMILES string of the molecule is COc1cc2c(cc1C(F)(F)F)C(C(C)Cl)OCCC2. The van der Waals surface area contributed by atoms with Gasteiger partial charge in [-0.1, -0.05) is 0 Å². The van der Waals surface area contributed by atoms with E-state index in [9.17, 15) is 13.2 Å². The highest BCUT2D eigenvalue weighted by Crippen LogP contribution is 2.41. The van der Waals surface area contributed by atoms with Gasteiger partial charge in [-0.15, -0.1) is 11.6 Å². The number of hydrogen-bond acceptors (Lipinski definition) is 2. The van der Waals surface area contributed by atoms with Crippen molar-refractivity contribution in [2.24, 2.45) is 0 Å². The molecule has 1 aliphatic heterocycles. The Morgan fingerprint density at radius 3 is 2.65 bits per heavy atom. The zero-order valence-electron chi connectivity index (χ0n) is 11.3. The average molecular weight is 309 g/mol. The van der Waals surface area contributed by atoms with Gasteiger partial charge in [-0.3, -0.25) is 0 Å². The van der Waals surface area contributed by atoms with Gasteiger partial charge < -0.3 is 9.47 Å². The fourth-order valence-electron chi connectivity index (χ4n) is 2.45. The molecule has 1 aromatic carbocycles. The van der Waals surface area contributed by atoms with Crippen molar-refractivity contribution in [1.29, 1.82) is 0 Å². The minimum Gasteiger partial charge on any atom is -0.496 e. The van der Waals surface area contributed by atoms with Crippen LogP contribution >= 0.6 is 11.6 Å². The number of aryl methyl sites for hydroxylation is 1. The number of alkyl halides is 4. The number of ether oxygens (including phenoxy) is 2. The number of benzene rings is 1. The third-order valence-corrected chi connectivity index (χ3v) is 3.61. The van der Waals surface area contributed by atoms with Crippen molar-refractivity contribution in [2.75, 3.05) is 13.7 Å². The summed E-state index contributed by atoms with van der Waals surface area (Å²) in [6.07, 6.45) is -3.58. The lowest BCUT2D eigenvalue weighted by atomic mass is 9.95. The molecule has 0 spiro atoms. The minimum atomic E-state index is -4.47. The van der Waals surface area contributed by atoms with Gasteiger partial charge in [0.2, 0.25) is 0 Å². The van der Waals surface area contributed by atoms with Crippen molar-refractivity contribution in [1.82, 2.24) is 0 Å². The first-order valence-corrected chi connectivity index (χ1v) is 6.82. The maximum absolute atomic E-state index is 13.1. The first-order chi connectivity index (χ1) is 9.34.